The Morgan fingerprint density at radius 1 is 1.44 bits per heavy atom. The van der Waals surface area contributed by atoms with Gasteiger partial charge in [0.1, 0.15) is 5.60 Å². The van der Waals surface area contributed by atoms with E-state index in [2.05, 4.69) is 4.74 Å². The molecule has 88 valence electrons. The highest BCUT2D eigenvalue weighted by atomic mass is 16.6. The maximum absolute atomic E-state index is 11.8. The Hall–Kier alpha value is -1.57. The SMILES string of the molecule is COC(=O)[C@H]1C[C@@]1(C#N)C(=O)OC(C)(C)C. The standard InChI is InChI=1S/C11H15NO4/c1-10(2,3)16-9(14)11(6-12)5-7(11)8(13)15-4/h7H,5H2,1-4H3/t7-,11+/m1/s1. The first-order chi connectivity index (χ1) is 7.27. The summed E-state index contributed by atoms with van der Waals surface area (Å²) < 4.78 is 9.63. The van der Waals surface area contributed by atoms with Gasteiger partial charge in [0, 0.05) is 0 Å². The third kappa shape index (κ3) is 2.16. The Bertz CT molecular complexity index is 363. The van der Waals surface area contributed by atoms with Crippen LogP contribution in [0.25, 0.3) is 0 Å². The van der Waals surface area contributed by atoms with Crippen molar-refractivity contribution in [3.63, 3.8) is 0 Å². The molecule has 0 N–H and O–H groups in total. The molecule has 5 heteroatoms. The molecule has 1 aliphatic carbocycles. The molecule has 1 fully saturated rings. The number of nitrogens with zero attached hydrogens (tertiary/aromatic N) is 1. The van der Waals surface area contributed by atoms with Gasteiger partial charge in [0.2, 0.25) is 0 Å². The van der Waals surface area contributed by atoms with Gasteiger partial charge in [0.25, 0.3) is 0 Å². The molecule has 2 atom stereocenters. The minimum atomic E-state index is -1.33. The van der Waals surface area contributed by atoms with E-state index in [1.54, 1.807) is 20.8 Å². The van der Waals surface area contributed by atoms with Gasteiger partial charge in [-0.25, -0.2) is 0 Å². The second-order valence-electron chi connectivity index (χ2n) is 4.86. The molecule has 0 aliphatic heterocycles. The Morgan fingerprint density at radius 3 is 2.38 bits per heavy atom. The number of ether oxygens (including phenoxy) is 2. The van der Waals surface area contributed by atoms with Crippen LogP contribution in [0.15, 0.2) is 0 Å². The molecule has 1 aliphatic rings. The fourth-order valence-corrected chi connectivity index (χ4v) is 1.45. The van der Waals surface area contributed by atoms with Gasteiger partial charge in [-0.15, -0.1) is 0 Å². The largest absolute Gasteiger partial charge is 0.469 e. The first kappa shape index (κ1) is 12.5. The van der Waals surface area contributed by atoms with Gasteiger partial charge in [-0.05, 0) is 27.2 Å². The van der Waals surface area contributed by atoms with Crippen LogP contribution in [0.1, 0.15) is 27.2 Å². The van der Waals surface area contributed by atoms with Crippen molar-refractivity contribution in [1.82, 2.24) is 0 Å². The average Bonchev–Trinajstić information content (AvgIpc) is 2.90. The number of esters is 2. The summed E-state index contributed by atoms with van der Waals surface area (Å²) >= 11 is 0. The minimum Gasteiger partial charge on any atom is -0.469 e. The maximum atomic E-state index is 11.8. The molecule has 0 radical (unpaired) electrons. The van der Waals surface area contributed by atoms with Gasteiger partial charge < -0.3 is 9.47 Å². The fourth-order valence-electron chi connectivity index (χ4n) is 1.45. The van der Waals surface area contributed by atoms with Crippen LogP contribution in [0.4, 0.5) is 0 Å². The zero-order chi connectivity index (χ0) is 12.6. The smallest absolute Gasteiger partial charge is 0.327 e. The number of nitriles is 1. The highest BCUT2D eigenvalue weighted by Gasteiger charge is 2.67. The number of carbonyl (C=O) groups is 2. The number of hydrogen-bond donors (Lipinski definition) is 0. The molecule has 0 spiro atoms. The van der Waals surface area contributed by atoms with Gasteiger partial charge >= 0.3 is 11.9 Å². The summed E-state index contributed by atoms with van der Waals surface area (Å²) in [7, 11) is 1.23. The molecule has 0 aromatic rings. The lowest BCUT2D eigenvalue weighted by molar-refractivity contribution is -0.162. The third-order valence-electron chi connectivity index (χ3n) is 2.41. The Morgan fingerprint density at radius 2 is 2.00 bits per heavy atom. The molecule has 1 saturated carbocycles. The number of rotatable bonds is 2. The van der Waals surface area contributed by atoms with Gasteiger partial charge in [0.15, 0.2) is 5.41 Å². The van der Waals surface area contributed by atoms with Crippen LogP contribution >= 0.6 is 0 Å². The van der Waals surface area contributed by atoms with Crippen molar-refractivity contribution in [2.45, 2.75) is 32.8 Å². The topological polar surface area (TPSA) is 76.4 Å². The average molecular weight is 225 g/mol. The van der Waals surface area contributed by atoms with Gasteiger partial charge in [-0.3, -0.25) is 9.59 Å². The van der Waals surface area contributed by atoms with Gasteiger partial charge in [-0.2, -0.15) is 5.26 Å². The van der Waals surface area contributed by atoms with Gasteiger partial charge in [-0.1, -0.05) is 0 Å². The van der Waals surface area contributed by atoms with Crippen LogP contribution in [0.5, 0.6) is 0 Å². The predicted molar refractivity (Wildman–Crippen MR) is 54.0 cm³/mol. The summed E-state index contributed by atoms with van der Waals surface area (Å²) in [5.41, 5.74) is -2.00. The van der Waals surface area contributed by atoms with Crippen LogP contribution in [-0.2, 0) is 19.1 Å². The van der Waals surface area contributed by atoms with Crippen LogP contribution in [-0.4, -0.2) is 24.6 Å². The van der Waals surface area contributed by atoms with E-state index < -0.39 is 28.9 Å². The molecule has 0 amide bonds. The molecule has 5 nitrogen and oxygen atoms in total. The first-order valence-corrected chi connectivity index (χ1v) is 4.99. The lowest BCUT2D eigenvalue weighted by atomic mass is 10.1. The van der Waals surface area contributed by atoms with E-state index in [0.29, 0.717) is 0 Å². The highest BCUT2D eigenvalue weighted by molar-refractivity contribution is 5.93. The van der Waals surface area contributed by atoms with E-state index in [9.17, 15) is 9.59 Å². The molecule has 16 heavy (non-hydrogen) atoms. The third-order valence-corrected chi connectivity index (χ3v) is 2.41. The summed E-state index contributed by atoms with van der Waals surface area (Å²) in [6.45, 7) is 5.14. The maximum Gasteiger partial charge on any atom is 0.327 e. The molecular formula is C11H15NO4. The monoisotopic (exact) mass is 225 g/mol. The van der Waals surface area contributed by atoms with Crippen molar-refractivity contribution in [2.24, 2.45) is 11.3 Å². The van der Waals surface area contributed by atoms with E-state index in [4.69, 9.17) is 10.00 Å². The lowest BCUT2D eigenvalue weighted by Crippen LogP contribution is -2.31. The molecule has 0 aromatic heterocycles. The fraction of sp³-hybridized carbons (Fsp3) is 0.727. The van der Waals surface area contributed by atoms with Crippen molar-refractivity contribution >= 4 is 11.9 Å². The van der Waals surface area contributed by atoms with E-state index in [1.807, 2.05) is 6.07 Å². The van der Waals surface area contributed by atoms with Crippen LogP contribution in [0.3, 0.4) is 0 Å². The number of carbonyl (C=O) groups excluding carboxylic acids is 2. The van der Waals surface area contributed by atoms with Crippen molar-refractivity contribution < 1.29 is 19.1 Å². The zero-order valence-electron chi connectivity index (χ0n) is 9.86. The molecule has 0 saturated heterocycles. The molecular weight excluding hydrogens is 210 g/mol. The van der Waals surface area contributed by atoms with Crippen molar-refractivity contribution in [1.29, 1.82) is 5.26 Å². The quantitative estimate of drug-likeness (QED) is 0.656. The van der Waals surface area contributed by atoms with Crippen molar-refractivity contribution in [3.05, 3.63) is 0 Å². The zero-order valence-corrected chi connectivity index (χ0v) is 9.86. The van der Waals surface area contributed by atoms with E-state index in [1.165, 1.54) is 7.11 Å². The highest BCUT2D eigenvalue weighted by Crippen LogP contribution is 2.54. The molecule has 0 unspecified atom stereocenters. The van der Waals surface area contributed by atoms with Crippen LogP contribution < -0.4 is 0 Å². The molecule has 0 aromatic carbocycles. The molecule has 0 heterocycles. The summed E-state index contributed by atoms with van der Waals surface area (Å²) in [5, 5.41) is 8.98. The lowest BCUT2D eigenvalue weighted by Gasteiger charge is -2.21. The molecule has 0 bridgehead atoms. The normalized spacial score (nSPS) is 27.8. The first-order valence-electron chi connectivity index (χ1n) is 4.99. The summed E-state index contributed by atoms with van der Waals surface area (Å²) in [5.74, 6) is -1.86. The van der Waals surface area contributed by atoms with E-state index >= 15 is 0 Å². The Labute approximate surface area is 94.3 Å². The predicted octanol–water partition coefficient (Wildman–Crippen LogP) is 1.03. The summed E-state index contributed by atoms with van der Waals surface area (Å²) in [6, 6.07) is 1.86. The second kappa shape index (κ2) is 3.78. The minimum absolute atomic E-state index is 0.186. The number of methoxy groups -OCH3 is 1. The second-order valence-corrected chi connectivity index (χ2v) is 4.86. The van der Waals surface area contributed by atoms with Crippen molar-refractivity contribution in [2.75, 3.05) is 7.11 Å². The van der Waals surface area contributed by atoms with Crippen LogP contribution in [0.2, 0.25) is 0 Å². The van der Waals surface area contributed by atoms with E-state index in [-0.39, 0.29) is 6.42 Å². The molecule has 1 rings (SSSR count). The Kier molecular flexibility index (Phi) is 2.95. The number of hydrogen-bond acceptors (Lipinski definition) is 5. The van der Waals surface area contributed by atoms with Crippen molar-refractivity contribution in [3.8, 4) is 6.07 Å². The summed E-state index contributed by atoms with van der Waals surface area (Å²) in [6.07, 6.45) is 0.186. The van der Waals surface area contributed by atoms with E-state index in [0.717, 1.165) is 0 Å². The Balaban J connectivity index is 2.76. The van der Waals surface area contributed by atoms with Gasteiger partial charge in [0.05, 0.1) is 19.1 Å². The van der Waals surface area contributed by atoms with Crippen LogP contribution in [0, 0.1) is 22.7 Å². The summed E-state index contributed by atoms with van der Waals surface area (Å²) in [4.78, 5) is 23.0.